The first-order valence-electron chi connectivity index (χ1n) is 4.03. The van der Waals surface area contributed by atoms with Crippen LogP contribution in [0.2, 0.25) is 0 Å². The maximum Gasteiger partial charge on any atom is 0.182 e. The van der Waals surface area contributed by atoms with Gasteiger partial charge in [-0.05, 0) is 19.1 Å². The van der Waals surface area contributed by atoms with Crippen LogP contribution in [0.5, 0.6) is 0 Å². The number of fused-ring (bicyclic) bond motifs is 3. The summed E-state index contributed by atoms with van der Waals surface area (Å²) in [7, 11) is 0. The Hall–Kier alpha value is -1.84. The Morgan fingerprint density at radius 3 is 3.23 bits per heavy atom. The molecule has 3 rings (SSSR count). The van der Waals surface area contributed by atoms with Crippen molar-refractivity contribution in [1.29, 1.82) is 0 Å². The van der Waals surface area contributed by atoms with Gasteiger partial charge < -0.3 is 9.40 Å². The van der Waals surface area contributed by atoms with Crippen molar-refractivity contribution in [2.75, 3.05) is 0 Å². The number of hydrogen-bond donors (Lipinski definition) is 1. The molecule has 1 N–H and O–H groups in total. The van der Waals surface area contributed by atoms with Gasteiger partial charge in [-0.1, -0.05) is 0 Å². The molecule has 0 radical (unpaired) electrons. The molecule has 2 heterocycles. The van der Waals surface area contributed by atoms with Gasteiger partial charge in [-0.3, -0.25) is 0 Å². The Morgan fingerprint density at radius 1 is 1.38 bits per heavy atom. The number of aromatic nitrogens is 3. The van der Waals surface area contributed by atoms with Crippen LogP contribution in [0.3, 0.4) is 0 Å². The Kier molecular flexibility index (Phi) is 1.07. The predicted molar refractivity (Wildman–Crippen MR) is 48.4 cm³/mol. The molecule has 0 unspecified atom stereocenters. The van der Waals surface area contributed by atoms with Crippen LogP contribution in [0.4, 0.5) is 0 Å². The molecule has 0 aliphatic carbocycles. The van der Waals surface area contributed by atoms with E-state index in [1.54, 1.807) is 0 Å². The van der Waals surface area contributed by atoms with Crippen LogP contribution in [-0.4, -0.2) is 15.0 Å². The first-order valence-corrected chi connectivity index (χ1v) is 4.03. The van der Waals surface area contributed by atoms with E-state index in [0.29, 0.717) is 0 Å². The quantitative estimate of drug-likeness (QED) is 0.565. The van der Waals surface area contributed by atoms with E-state index >= 15 is 0 Å². The molecule has 4 nitrogen and oxygen atoms in total. The van der Waals surface area contributed by atoms with Crippen LogP contribution < -0.4 is 0 Å². The maximum atomic E-state index is 5.25. The lowest BCUT2D eigenvalue weighted by atomic mass is 10.3. The molecule has 0 amide bonds. The van der Waals surface area contributed by atoms with Crippen LogP contribution in [0.15, 0.2) is 22.9 Å². The summed E-state index contributed by atoms with van der Waals surface area (Å²) in [4.78, 5) is 11.5. The second-order valence-electron chi connectivity index (χ2n) is 2.98. The van der Waals surface area contributed by atoms with Crippen LogP contribution in [0.1, 0.15) is 5.82 Å². The number of nitrogens with zero attached hydrogens (tertiary/aromatic N) is 2. The summed E-state index contributed by atoms with van der Waals surface area (Å²) in [5.41, 5.74) is 3.44. The molecular formula is C9H7N3O. The van der Waals surface area contributed by atoms with Gasteiger partial charge in [-0.2, -0.15) is 0 Å². The maximum absolute atomic E-state index is 5.25. The third-order valence-corrected chi connectivity index (χ3v) is 2.07. The smallest absolute Gasteiger partial charge is 0.182 e. The van der Waals surface area contributed by atoms with E-state index in [0.717, 1.165) is 28.0 Å². The number of rotatable bonds is 0. The molecular weight excluding hydrogens is 166 g/mol. The molecule has 3 aromatic rings. The average Bonchev–Trinajstić information content (AvgIpc) is 2.65. The molecule has 64 valence electrons. The Balaban J connectivity index is 2.64. The third kappa shape index (κ3) is 0.796. The molecule has 0 saturated carbocycles. The van der Waals surface area contributed by atoms with E-state index in [4.69, 9.17) is 4.42 Å². The largest absolute Gasteiger partial charge is 0.441 e. The van der Waals surface area contributed by atoms with Gasteiger partial charge >= 0.3 is 0 Å². The van der Waals surface area contributed by atoms with Gasteiger partial charge in [-0.25, -0.2) is 9.97 Å². The number of aryl methyl sites for hydroxylation is 1. The van der Waals surface area contributed by atoms with Gasteiger partial charge in [0.1, 0.15) is 16.9 Å². The fourth-order valence-electron chi connectivity index (χ4n) is 1.52. The molecule has 0 atom stereocenters. The summed E-state index contributed by atoms with van der Waals surface area (Å²) in [5.74, 6) is 0.888. The fourth-order valence-corrected chi connectivity index (χ4v) is 1.52. The van der Waals surface area contributed by atoms with Crippen molar-refractivity contribution in [3.8, 4) is 0 Å². The third-order valence-electron chi connectivity index (χ3n) is 2.07. The minimum atomic E-state index is 0.752. The molecule has 0 spiro atoms. The van der Waals surface area contributed by atoms with Gasteiger partial charge in [0.05, 0.1) is 5.52 Å². The highest BCUT2D eigenvalue weighted by Gasteiger charge is 2.07. The van der Waals surface area contributed by atoms with E-state index in [2.05, 4.69) is 15.0 Å². The van der Waals surface area contributed by atoms with E-state index in [9.17, 15) is 0 Å². The van der Waals surface area contributed by atoms with Crippen LogP contribution in [0, 0.1) is 6.92 Å². The number of aromatic amines is 1. The zero-order valence-corrected chi connectivity index (χ0v) is 7.03. The Bertz CT molecular complexity index is 579. The average molecular weight is 173 g/mol. The van der Waals surface area contributed by atoms with Crippen molar-refractivity contribution in [3.63, 3.8) is 0 Å². The summed E-state index contributed by atoms with van der Waals surface area (Å²) in [6.07, 6.45) is 1.44. The molecule has 0 aliphatic heterocycles. The molecule has 0 bridgehead atoms. The summed E-state index contributed by atoms with van der Waals surface area (Å²) < 4.78 is 5.25. The SMILES string of the molecule is Cc1nc2c(ccc3ncoc32)[nH]1. The van der Waals surface area contributed by atoms with E-state index in [-0.39, 0.29) is 0 Å². The molecule has 0 saturated heterocycles. The summed E-state index contributed by atoms with van der Waals surface area (Å²) in [6, 6.07) is 3.87. The number of benzene rings is 1. The zero-order chi connectivity index (χ0) is 8.84. The Morgan fingerprint density at radius 2 is 2.31 bits per heavy atom. The lowest BCUT2D eigenvalue weighted by molar-refractivity contribution is 0.604. The molecule has 13 heavy (non-hydrogen) atoms. The van der Waals surface area contributed by atoms with Gasteiger partial charge in [0.2, 0.25) is 0 Å². The lowest BCUT2D eigenvalue weighted by Gasteiger charge is -1.86. The monoisotopic (exact) mass is 173 g/mol. The van der Waals surface area contributed by atoms with Crippen molar-refractivity contribution in [1.82, 2.24) is 15.0 Å². The van der Waals surface area contributed by atoms with Crippen LogP contribution in [0.25, 0.3) is 22.1 Å². The van der Waals surface area contributed by atoms with E-state index in [1.165, 1.54) is 6.39 Å². The molecule has 0 aliphatic rings. The molecule has 4 heteroatoms. The van der Waals surface area contributed by atoms with E-state index in [1.807, 2.05) is 19.1 Å². The van der Waals surface area contributed by atoms with Crippen LogP contribution in [-0.2, 0) is 0 Å². The Labute approximate surface area is 73.6 Å². The highest BCUT2D eigenvalue weighted by Crippen LogP contribution is 2.22. The first kappa shape index (κ1) is 6.65. The first-order chi connectivity index (χ1) is 6.34. The van der Waals surface area contributed by atoms with Crippen molar-refractivity contribution in [2.45, 2.75) is 6.92 Å². The van der Waals surface area contributed by atoms with Crippen LogP contribution >= 0.6 is 0 Å². The normalized spacial score (nSPS) is 11.5. The van der Waals surface area contributed by atoms with Gasteiger partial charge in [0.15, 0.2) is 12.0 Å². The topological polar surface area (TPSA) is 54.7 Å². The predicted octanol–water partition coefficient (Wildman–Crippen LogP) is 2.01. The lowest BCUT2D eigenvalue weighted by Crippen LogP contribution is -1.71. The zero-order valence-electron chi connectivity index (χ0n) is 7.03. The van der Waals surface area contributed by atoms with Crippen molar-refractivity contribution < 1.29 is 4.42 Å². The van der Waals surface area contributed by atoms with Crippen molar-refractivity contribution >= 4 is 22.1 Å². The van der Waals surface area contributed by atoms with Gasteiger partial charge in [-0.15, -0.1) is 0 Å². The number of hydrogen-bond acceptors (Lipinski definition) is 3. The number of H-pyrrole nitrogens is 1. The standard InChI is InChI=1S/C9H7N3O/c1-5-11-6-2-3-7-9(8(6)12-5)13-4-10-7/h2-4H,1H3,(H,11,12). The second-order valence-corrected chi connectivity index (χ2v) is 2.98. The highest BCUT2D eigenvalue weighted by molar-refractivity contribution is 5.98. The minimum Gasteiger partial charge on any atom is -0.441 e. The summed E-state index contributed by atoms with van der Waals surface area (Å²) in [6.45, 7) is 1.92. The number of nitrogens with one attached hydrogen (secondary N) is 1. The van der Waals surface area contributed by atoms with Crippen molar-refractivity contribution in [3.05, 3.63) is 24.4 Å². The second kappa shape index (κ2) is 2.10. The summed E-state index contributed by atoms with van der Waals surface area (Å²) >= 11 is 0. The van der Waals surface area contributed by atoms with E-state index < -0.39 is 0 Å². The molecule has 1 aromatic carbocycles. The molecule has 2 aromatic heterocycles. The number of imidazole rings is 1. The number of oxazole rings is 1. The van der Waals surface area contributed by atoms with Gasteiger partial charge in [0.25, 0.3) is 0 Å². The fraction of sp³-hybridized carbons (Fsp3) is 0.111. The minimum absolute atomic E-state index is 0.752. The molecule has 0 fully saturated rings. The highest BCUT2D eigenvalue weighted by atomic mass is 16.3. The van der Waals surface area contributed by atoms with Gasteiger partial charge in [0, 0.05) is 0 Å². The van der Waals surface area contributed by atoms with Crippen molar-refractivity contribution in [2.24, 2.45) is 0 Å². The summed E-state index contributed by atoms with van der Waals surface area (Å²) in [5, 5.41) is 0.